The maximum absolute atomic E-state index is 14.2. The van der Waals surface area contributed by atoms with Crippen LogP contribution in [-0.2, 0) is 0 Å². The van der Waals surface area contributed by atoms with E-state index in [-0.39, 0.29) is 23.4 Å². The maximum Gasteiger partial charge on any atom is 0.429 e. The van der Waals surface area contributed by atoms with Gasteiger partial charge in [-0.2, -0.15) is 18.2 Å². The monoisotopic (exact) mass is 584 g/mol. The van der Waals surface area contributed by atoms with Crippen molar-refractivity contribution in [2.75, 3.05) is 5.32 Å². The first kappa shape index (κ1) is 31.5. The molecule has 0 saturated carbocycles. The van der Waals surface area contributed by atoms with E-state index in [4.69, 9.17) is 11.6 Å². The van der Waals surface area contributed by atoms with Crippen LogP contribution < -0.4 is 10.6 Å². The zero-order valence-corrected chi connectivity index (χ0v) is 23.6. The number of guanidine groups is 1. The third-order valence-corrected chi connectivity index (χ3v) is 7.51. The first-order chi connectivity index (χ1) is 18.8. The summed E-state index contributed by atoms with van der Waals surface area (Å²) in [5, 5.41) is 6.34. The summed E-state index contributed by atoms with van der Waals surface area (Å²) in [5.74, 6) is -4.83. The van der Waals surface area contributed by atoms with E-state index in [1.807, 2.05) is 13.8 Å². The predicted molar refractivity (Wildman–Crippen MR) is 149 cm³/mol. The van der Waals surface area contributed by atoms with Gasteiger partial charge in [0.2, 0.25) is 5.96 Å². The lowest BCUT2D eigenvalue weighted by Crippen LogP contribution is -2.52. The molecule has 3 rings (SSSR count). The molecule has 1 aliphatic heterocycles. The summed E-state index contributed by atoms with van der Waals surface area (Å²) < 4.78 is 70.0. The average molecular weight is 585 g/mol. The van der Waals surface area contributed by atoms with Crippen molar-refractivity contribution in [3.05, 3.63) is 64.7 Å². The summed E-state index contributed by atoms with van der Waals surface area (Å²) in [4.78, 5) is 21.2. The van der Waals surface area contributed by atoms with Gasteiger partial charge in [0.1, 0.15) is 5.71 Å². The fraction of sp³-hybridized carbons (Fsp3) is 0.483. The van der Waals surface area contributed by atoms with Crippen molar-refractivity contribution in [3.8, 4) is 0 Å². The lowest BCUT2D eigenvalue weighted by atomic mass is 9.77. The van der Waals surface area contributed by atoms with Gasteiger partial charge in [-0.25, -0.2) is 8.78 Å². The third-order valence-electron chi connectivity index (χ3n) is 7.27. The molecule has 5 nitrogen and oxygen atoms in total. The minimum atomic E-state index is -4.65. The number of anilines is 1. The Morgan fingerprint density at radius 2 is 1.82 bits per heavy atom. The topological polar surface area (TPSA) is 65.8 Å². The molecule has 0 spiro atoms. The Kier molecular flexibility index (Phi) is 10.7. The average Bonchev–Trinajstić information content (AvgIpc) is 2.87. The van der Waals surface area contributed by atoms with Crippen molar-refractivity contribution in [2.45, 2.75) is 71.6 Å². The summed E-state index contributed by atoms with van der Waals surface area (Å²) in [6, 6.07) is 7.75. The van der Waals surface area contributed by atoms with Crippen LogP contribution in [0, 0.1) is 29.4 Å². The molecule has 2 aromatic carbocycles. The Hall–Kier alpha value is -3.01. The molecule has 5 unspecified atom stereocenters. The Balaban J connectivity index is 2.04. The van der Waals surface area contributed by atoms with Crippen LogP contribution in [0.15, 0.2) is 52.4 Å². The van der Waals surface area contributed by atoms with Gasteiger partial charge in [0.15, 0.2) is 11.6 Å². The molecule has 0 saturated heterocycles. The Morgan fingerprint density at radius 3 is 2.45 bits per heavy atom. The van der Waals surface area contributed by atoms with Gasteiger partial charge in [-0.15, -0.1) is 0 Å². The number of hydrogen-bond acceptors (Lipinski definition) is 2. The lowest BCUT2D eigenvalue weighted by Gasteiger charge is -2.38. The molecule has 218 valence electrons. The quantitative estimate of drug-likeness (QED) is 0.205. The zero-order chi connectivity index (χ0) is 29.6. The number of benzene rings is 2. The number of hydrogen-bond donors (Lipinski definition) is 2. The molecule has 2 aromatic rings. The number of alkyl halides is 3. The normalized spacial score (nSPS) is 25.4. The van der Waals surface area contributed by atoms with Crippen molar-refractivity contribution in [1.82, 2.24) is 5.32 Å². The lowest BCUT2D eigenvalue weighted by molar-refractivity contribution is -0.0646. The largest absolute Gasteiger partial charge is 0.429 e. The second kappa shape index (κ2) is 13.6. The molecule has 40 heavy (non-hydrogen) atoms. The number of carbonyl (C=O) groups excluding carboxylic acids is 1. The van der Waals surface area contributed by atoms with E-state index in [9.17, 15) is 26.7 Å². The van der Waals surface area contributed by atoms with Crippen LogP contribution in [0.1, 0.15) is 63.7 Å². The highest BCUT2D eigenvalue weighted by Gasteiger charge is 2.45. The highest BCUT2D eigenvalue weighted by Crippen LogP contribution is 2.35. The number of nitrogens with one attached hydrogen (secondary N) is 2. The molecule has 0 aliphatic carbocycles. The smallest absolute Gasteiger partial charge is 0.352 e. The van der Waals surface area contributed by atoms with E-state index in [1.165, 1.54) is 6.92 Å². The Morgan fingerprint density at radius 1 is 1.10 bits per heavy atom. The molecule has 2 N–H and O–H groups in total. The summed E-state index contributed by atoms with van der Waals surface area (Å²) in [5.41, 5.74) is -0.683. The number of carbonyl (C=O) groups is 1. The van der Waals surface area contributed by atoms with Gasteiger partial charge >= 0.3 is 6.18 Å². The van der Waals surface area contributed by atoms with Crippen LogP contribution in [0.5, 0.6) is 0 Å². The molecule has 1 aliphatic rings. The molecule has 1 heterocycles. The minimum Gasteiger partial charge on any atom is -0.352 e. The SMILES string of the molecule is CCCCC1CC(C)C(N/C(=N\C(=O)c2ccc(F)c(F)c2)Nc2cccc(Cl)c2)C(C)/C(C(F)(F)F)=N\C1C. The van der Waals surface area contributed by atoms with Gasteiger partial charge in [0, 0.05) is 28.2 Å². The molecule has 5 atom stereocenters. The molecule has 0 fully saturated rings. The second-order valence-electron chi connectivity index (χ2n) is 10.4. The van der Waals surface area contributed by atoms with Crippen LogP contribution in [0.25, 0.3) is 0 Å². The second-order valence-corrected chi connectivity index (χ2v) is 10.8. The first-order valence-corrected chi connectivity index (χ1v) is 13.7. The van der Waals surface area contributed by atoms with E-state index in [1.54, 1.807) is 31.2 Å². The van der Waals surface area contributed by atoms with E-state index >= 15 is 0 Å². The van der Waals surface area contributed by atoms with Crippen molar-refractivity contribution >= 4 is 34.9 Å². The van der Waals surface area contributed by atoms with Crippen molar-refractivity contribution in [3.63, 3.8) is 0 Å². The molecule has 11 heteroatoms. The number of amides is 1. The van der Waals surface area contributed by atoms with E-state index in [0.717, 1.165) is 31.4 Å². The third kappa shape index (κ3) is 8.25. The van der Waals surface area contributed by atoms with E-state index < -0.39 is 47.4 Å². The number of nitrogens with zero attached hydrogens (tertiary/aromatic N) is 2. The van der Waals surface area contributed by atoms with Crippen LogP contribution in [0.4, 0.5) is 27.6 Å². The molecular weight excluding hydrogens is 551 g/mol. The van der Waals surface area contributed by atoms with E-state index in [2.05, 4.69) is 20.6 Å². The Bertz CT molecular complexity index is 1250. The fourth-order valence-electron chi connectivity index (χ4n) is 5.10. The molecule has 1 amide bonds. The summed E-state index contributed by atoms with van der Waals surface area (Å²) >= 11 is 6.10. The van der Waals surface area contributed by atoms with Crippen molar-refractivity contribution in [1.29, 1.82) is 0 Å². The highest BCUT2D eigenvalue weighted by molar-refractivity contribution is 6.30. The molecule has 0 aromatic heterocycles. The van der Waals surface area contributed by atoms with Gasteiger partial charge in [0.25, 0.3) is 5.91 Å². The zero-order valence-electron chi connectivity index (χ0n) is 22.8. The maximum atomic E-state index is 14.2. The first-order valence-electron chi connectivity index (χ1n) is 13.3. The summed E-state index contributed by atoms with van der Waals surface area (Å²) in [6.45, 7) is 7.08. The van der Waals surface area contributed by atoms with Crippen LogP contribution >= 0.6 is 11.6 Å². The fourth-order valence-corrected chi connectivity index (χ4v) is 5.29. The van der Waals surface area contributed by atoms with Crippen molar-refractivity contribution in [2.24, 2.45) is 27.7 Å². The highest BCUT2D eigenvalue weighted by atomic mass is 35.5. The van der Waals surface area contributed by atoms with Gasteiger partial charge in [-0.3, -0.25) is 9.79 Å². The van der Waals surface area contributed by atoms with Crippen LogP contribution in [-0.4, -0.2) is 35.8 Å². The van der Waals surface area contributed by atoms with Gasteiger partial charge < -0.3 is 10.6 Å². The van der Waals surface area contributed by atoms with Gasteiger partial charge in [0.05, 0.1) is 6.04 Å². The standard InChI is InChI=1S/C29H34ClF5N4O/c1-5-6-8-19-13-16(2)25(17(3)26(29(33,34)35)36-18(19)4)38-28(37-22-10-7-9-21(30)15-22)39-27(40)20-11-12-23(31)24(32)14-20/h7,9-12,14-19,25H,5-6,8,13H2,1-4H3,(H2,37,38,39,40)/b36-26+. The molecule has 0 radical (unpaired) electrons. The predicted octanol–water partition coefficient (Wildman–Crippen LogP) is 8.06. The number of halogens is 6. The summed E-state index contributed by atoms with van der Waals surface area (Å²) in [6.07, 6.45) is -1.51. The summed E-state index contributed by atoms with van der Waals surface area (Å²) in [7, 11) is 0. The molecule has 0 bridgehead atoms. The number of aliphatic imine (C=N–C) groups is 2. The van der Waals surface area contributed by atoms with Gasteiger partial charge in [-0.05, 0) is 68.0 Å². The van der Waals surface area contributed by atoms with Crippen molar-refractivity contribution < 1.29 is 26.7 Å². The van der Waals surface area contributed by atoms with E-state index in [0.29, 0.717) is 23.2 Å². The molecular formula is C29H34ClF5N4O. The number of unbranched alkanes of at least 4 members (excludes halogenated alkanes) is 1. The Labute approximate surface area is 236 Å². The van der Waals surface area contributed by atoms with Crippen LogP contribution in [0.3, 0.4) is 0 Å². The van der Waals surface area contributed by atoms with Gasteiger partial charge in [-0.1, -0.05) is 51.3 Å². The number of rotatable bonds is 6. The minimum absolute atomic E-state index is 0.0609. The van der Waals surface area contributed by atoms with Crippen LogP contribution in [0.2, 0.25) is 5.02 Å².